The Labute approximate surface area is 152 Å². The van der Waals surface area contributed by atoms with E-state index in [9.17, 15) is 14.0 Å². The van der Waals surface area contributed by atoms with Crippen molar-refractivity contribution in [1.82, 2.24) is 18.7 Å². The summed E-state index contributed by atoms with van der Waals surface area (Å²) < 4.78 is 18.4. The van der Waals surface area contributed by atoms with Crippen molar-refractivity contribution in [1.29, 1.82) is 0 Å². The van der Waals surface area contributed by atoms with Crippen LogP contribution < -0.4 is 16.1 Å². The summed E-state index contributed by atoms with van der Waals surface area (Å²) in [6.45, 7) is 1.61. The fraction of sp³-hybridized carbons (Fsp3) is 0.353. The van der Waals surface area contributed by atoms with E-state index in [1.165, 1.54) is 17.7 Å². The van der Waals surface area contributed by atoms with E-state index in [0.717, 1.165) is 11.0 Å². The average molecular weight is 378 g/mol. The SMILES string of the molecule is Cn1c(=O)c2c(nc3n2CCCN3Cc2ccc(Cl)cc2F)n(C)c1=O. The molecular formula is C17H17ClFN5O2. The molecule has 0 saturated carbocycles. The maximum atomic E-state index is 14.2. The van der Waals surface area contributed by atoms with Crippen molar-refractivity contribution in [2.75, 3.05) is 11.4 Å². The van der Waals surface area contributed by atoms with E-state index < -0.39 is 5.69 Å². The maximum Gasteiger partial charge on any atom is 0.332 e. The number of imidazole rings is 1. The molecule has 2 aromatic heterocycles. The molecule has 1 aliphatic heterocycles. The van der Waals surface area contributed by atoms with Gasteiger partial charge in [0, 0.05) is 44.3 Å². The number of anilines is 1. The van der Waals surface area contributed by atoms with Gasteiger partial charge in [-0.1, -0.05) is 17.7 Å². The van der Waals surface area contributed by atoms with Crippen LogP contribution in [0.4, 0.5) is 10.3 Å². The summed E-state index contributed by atoms with van der Waals surface area (Å²) in [6.07, 6.45) is 0.791. The summed E-state index contributed by atoms with van der Waals surface area (Å²) in [5.74, 6) is 0.188. The standard InChI is InChI=1S/C17H17ClFN5O2/c1-21-14-13(15(25)22(2)17(21)26)24-7-3-6-23(16(24)20-14)9-10-4-5-11(18)8-12(10)19/h4-5,8H,3,6-7,9H2,1-2H3. The molecule has 4 rings (SSSR count). The molecule has 1 aliphatic rings. The zero-order chi connectivity index (χ0) is 18.6. The summed E-state index contributed by atoms with van der Waals surface area (Å²) in [6, 6.07) is 4.57. The molecular weight excluding hydrogens is 361 g/mol. The lowest BCUT2D eigenvalue weighted by Crippen LogP contribution is -2.38. The van der Waals surface area contributed by atoms with Crippen molar-refractivity contribution in [3.05, 3.63) is 55.4 Å². The third-order valence-corrected chi connectivity index (χ3v) is 5.03. The average Bonchev–Trinajstić information content (AvgIpc) is 3.01. The van der Waals surface area contributed by atoms with Gasteiger partial charge in [-0.3, -0.25) is 13.9 Å². The number of hydrogen-bond donors (Lipinski definition) is 0. The molecule has 26 heavy (non-hydrogen) atoms. The van der Waals surface area contributed by atoms with Crippen molar-refractivity contribution in [3.63, 3.8) is 0 Å². The van der Waals surface area contributed by atoms with E-state index in [2.05, 4.69) is 4.98 Å². The number of nitrogens with zero attached hydrogens (tertiary/aromatic N) is 5. The summed E-state index contributed by atoms with van der Waals surface area (Å²) in [7, 11) is 3.04. The van der Waals surface area contributed by atoms with E-state index in [4.69, 9.17) is 11.6 Å². The third-order valence-electron chi connectivity index (χ3n) is 4.80. The van der Waals surface area contributed by atoms with Crippen LogP contribution in [0.3, 0.4) is 0 Å². The highest BCUT2D eigenvalue weighted by molar-refractivity contribution is 6.30. The second-order valence-corrected chi connectivity index (χ2v) is 6.89. The number of rotatable bonds is 2. The Hall–Kier alpha value is -2.61. The second-order valence-electron chi connectivity index (χ2n) is 6.45. The van der Waals surface area contributed by atoms with Crippen molar-refractivity contribution >= 4 is 28.7 Å². The molecule has 3 aromatic rings. The molecule has 1 aromatic carbocycles. The number of hydrogen-bond acceptors (Lipinski definition) is 4. The first-order valence-electron chi connectivity index (χ1n) is 8.23. The molecule has 0 N–H and O–H groups in total. The molecule has 7 nitrogen and oxygen atoms in total. The zero-order valence-corrected chi connectivity index (χ0v) is 15.1. The van der Waals surface area contributed by atoms with Gasteiger partial charge >= 0.3 is 5.69 Å². The predicted molar refractivity (Wildman–Crippen MR) is 97.3 cm³/mol. The number of aromatic nitrogens is 4. The molecule has 0 bridgehead atoms. The van der Waals surface area contributed by atoms with Gasteiger partial charge < -0.3 is 9.47 Å². The van der Waals surface area contributed by atoms with Gasteiger partial charge in [0.25, 0.3) is 5.56 Å². The summed E-state index contributed by atoms with van der Waals surface area (Å²) in [4.78, 5) is 31.2. The highest BCUT2D eigenvalue weighted by atomic mass is 35.5. The lowest BCUT2D eigenvalue weighted by molar-refractivity contribution is 0.549. The number of halogens is 2. The normalized spacial score (nSPS) is 14.1. The first-order chi connectivity index (χ1) is 12.4. The minimum atomic E-state index is -0.423. The molecule has 0 saturated heterocycles. The van der Waals surface area contributed by atoms with Crippen molar-refractivity contribution in [2.24, 2.45) is 14.1 Å². The van der Waals surface area contributed by atoms with Gasteiger partial charge in [0.1, 0.15) is 5.82 Å². The fourth-order valence-corrected chi connectivity index (χ4v) is 3.57. The summed E-state index contributed by atoms with van der Waals surface area (Å²) >= 11 is 5.82. The highest BCUT2D eigenvalue weighted by Gasteiger charge is 2.26. The monoisotopic (exact) mass is 377 g/mol. The van der Waals surface area contributed by atoms with Crippen LogP contribution in [0.2, 0.25) is 5.02 Å². The molecule has 0 fully saturated rings. The van der Waals surface area contributed by atoms with Crippen LogP contribution in [0, 0.1) is 5.82 Å². The maximum absolute atomic E-state index is 14.2. The molecule has 136 valence electrons. The number of aryl methyl sites for hydroxylation is 2. The van der Waals surface area contributed by atoms with E-state index in [1.807, 2.05) is 9.47 Å². The van der Waals surface area contributed by atoms with E-state index >= 15 is 0 Å². The third kappa shape index (κ3) is 2.44. The summed E-state index contributed by atoms with van der Waals surface area (Å²) in [5.41, 5.74) is 0.439. The van der Waals surface area contributed by atoms with Gasteiger partial charge in [0.15, 0.2) is 11.2 Å². The van der Waals surface area contributed by atoms with Crippen molar-refractivity contribution < 1.29 is 4.39 Å². The minimum absolute atomic E-state index is 0.306. The van der Waals surface area contributed by atoms with Crippen LogP contribution >= 0.6 is 11.6 Å². The van der Waals surface area contributed by atoms with E-state index in [-0.39, 0.29) is 11.4 Å². The molecule has 0 spiro atoms. The van der Waals surface area contributed by atoms with Crippen molar-refractivity contribution in [3.8, 4) is 0 Å². The molecule has 0 radical (unpaired) electrons. The Morgan fingerprint density at radius 1 is 1.19 bits per heavy atom. The summed E-state index contributed by atoms with van der Waals surface area (Å²) in [5, 5.41) is 0.343. The molecule has 3 heterocycles. The second kappa shape index (κ2) is 5.98. The Kier molecular flexibility index (Phi) is 3.87. The lowest BCUT2D eigenvalue weighted by atomic mass is 10.2. The number of fused-ring (bicyclic) bond motifs is 3. The smallest absolute Gasteiger partial charge is 0.332 e. The van der Waals surface area contributed by atoms with Gasteiger partial charge in [0.05, 0.1) is 0 Å². The first-order valence-corrected chi connectivity index (χ1v) is 8.61. The molecule has 0 atom stereocenters. The fourth-order valence-electron chi connectivity index (χ4n) is 3.41. The molecule has 9 heteroatoms. The largest absolute Gasteiger partial charge is 0.338 e. The Morgan fingerprint density at radius 3 is 2.69 bits per heavy atom. The Morgan fingerprint density at radius 2 is 1.96 bits per heavy atom. The molecule has 0 aliphatic carbocycles. The van der Waals surface area contributed by atoms with E-state index in [1.54, 1.807) is 19.2 Å². The molecule has 0 amide bonds. The Balaban J connectivity index is 1.87. The van der Waals surface area contributed by atoms with Gasteiger partial charge in [-0.15, -0.1) is 0 Å². The topological polar surface area (TPSA) is 65.1 Å². The number of benzene rings is 1. The lowest BCUT2D eigenvalue weighted by Gasteiger charge is -2.29. The van der Waals surface area contributed by atoms with Crippen molar-refractivity contribution in [2.45, 2.75) is 19.5 Å². The van der Waals surface area contributed by atoms with Gasteiger partial charge in [-0.2, -0.15) is 4.98 Å². The van der Waals surface area contributed by atoms with Gasteiger partial charge in [-0.25, -0.2) is 9.18 Å². The minimum Gasteiger partial charge on any atom is -0.338 e. The quantitative estimate of drug-likeness (QED) is 0.681. The van der Waals surface area contributed by atoms with Crippen LogP contribution in [0.1, 0.15) is 12.0 Å². The van der Waals surface area contributed by atoms with Crippen LogP contribution in [0.5, 0.6) is 0 Å². The zero-order valence-electron chi connectivity index (χ0n) is 14.4. The predicted octanol–water partition coefficient (Wildman–Crippen LogP) is 1.64. The van der Waals surface area contributed by atoms with Gasteiger partial charge in [-0.05, 0) is 18.6 Å². The van der Waals surface area contributed by atoms with Crippen LogP contribution in [-0.2, 0) is 27.2 Å². The Bertz CT molecular complexity index is 1150. The van der Waals surface area contributed by atoms with Gasteiger partial charge in [0.2, 0.25) is 5.95 Å². The first kappa shape index (κ1) is 16.8. The van der Waals surface area contributed by atoms with Crippen LogP contribution in [0.15, 0.2) is 27.8 Å². The molecule has 0 unspecified atom stereocenters. The van der Waals surface area contributed by atoms with Crippen LogP contribution in [0.25, 0.3) is 11.2 Å². The van der Waals surface area contributed by atoms with Crippen LogP contribution in [-0.4, -0.2) is 25.2 Å². The van der Waals surface area contributed by atoms with E-state index in [0.29, 0.717) is 47.3 Å². The highest BCUT2D eigenvalue weighted by Crippen LogP contribution is 2.26.